The Morgan fingerprint density at radius 2 is 1.09 bits per heavy atom. The molecule has 2 atom stereocenters. The van der Waals surface area contributed by atoms with E-state index in [9.17, 15) is 5.26 Å². The Morgan fingerprint density at radius 1 is 0.667 bits per heavy atom. The molecule has 2 unspecified atom stereocenters. The molecule has 0 aromatic carbocycles. The van der Waals surface area contributed by atoms with Crippen LogP contribution in [0.5, 0.6) is 0 Å². The minimum atomic E-state index is -0.952. The zero-order valence-electron chi connectivity index (χ0n) is 24.1. The van der Waals surface area contributed by atoms with E-state index < -0.39 is 8.45 Å². The highest BCUT2D eigenvalue weighted by Crippen LogP contribution is 2.52. The fourth-order valence-corrected chi connectivity index (χ4v) is 7.26. The van der Waals surface area contributed by atoms with Gasteiger partial charge in [-0.15, -0.1) is 0 Å². The fraction of sp³-hybridized carbons (Fsp3) is 0.964. The van der Waals surface area contributed by atoms with Gasteiger partial charge in [0, 0.05) is 24.2 Å². The van der Waals surface area contributed by atoms with Gasteiger partial charge in [0.05, 0.1) is 18.1 Å². The molecule has 0 N–H and O–H groups in total. The molecular weight excluding hydrogens is 425 g/mol. The van der Waals surface area contributed by atoms with Crippen molar-refractivity contribution in [3.63, 3.8) is 0 Å². The zero-order valence-corrected chi connectivity index (χ0v) is 25.0. The number of nitriles is 1. The summed E-state index contributed by atoms with van der Waals surface area (Å²) in [4.78, 5) is 0. The molecule has 0 aliphatic rings. The van der Waals surface area contributed by atoms with Crippen LogP contribution >= 0.6 is 8.45 Å². The summed E-state index contributed by atoms with van der Waals surface area (Å²) in [5.74, 6) is 0.787. The van der Waals surface area contributed by atoms with Crippen LogP contribution in [-0.4, -0.2) is 39.6 Å². The molecule has 0 rings (SSSR count). The van der Waals surface area contributed by atoms with Crippen LogP contribution in [0.2, 0.25) is 0 Å². The summed E-state index contributed by atoms with van der Waals surface area (Å²) in [6.45, 7) is 25.0. The number of rotatable bonds is 19. The molecule has 196 valence electrons. The summed E-state index contributed by atoms with van der Waals surface area (Å²) in [5.41, 5.74) is 0. The van der Waals surface area contributed by atoms with Crippen molar-refractivity contribution in [2.75, 3.05) is 0 Å². The van der Waals surface area contributed by atoms with Crippen LogP contribution in [0.4, 0.5) is 0 Å². The first kappa shape index (κ1) is 32.8. The Bertz CT molecular complexity index is 480. The topological polar surface area (TPSA) is 39.5 Å². The smallest absolute Gasteiger partial charge is 0.189 e. The summed E-state index contributed by atoms with van der Waals surface area (Å²) < 4.78 is 12.1. The standard InChI is InChI=1S/C28H58N3OP/c1-12-18-28(27(21-29)20-17-15-13-14-16-19-22(2)3)32-33(30(23(4)5)24(6)7)31(25(8)9)26(10)11/h22-28H,12-20H2,1-11H3. The summed E-state index contributed by atoms with van der Waals surface area (Å²) in [5, 5.41) is 10.1. The molecule has 0 fully saturated rings. The maximum absolute atomic E-state index is 10.1. The lowest BCUT2D eigenvalue weighted by Crippen LogP contribution is -2.44. The molecule has 33 heavy (non-hydrogen) atoms. The van der Waals surface area contributed by atoms with Gasteiger partial charge in [-0.25, -0.2) is 9.34 Å². The van der Waals surface area contributed by atoms with Crippen molar-refractivity contribution < 1.29 is 4.52 Å². The van der Waals surface area contributed by atoms with Crippen LogP contribution in [0, 0.1) is 23.2 Å². The van der Waals surface area contributed by atoms with Gasteiger partial charge in [-0.1, -0.05) is 65.7 Å². The second-order valence-corrected chi connectivity index (χ2v) is 12.9. The Balaban J connectivity index is 5.41. The molecule has 5 heteroatoms. The van der Waals surface area contributed by atoms with E-state index in [1.807, 2.05) is 0 Å². The van der Waals surface area contributed by atoms with Crippen molar-refractivity contribution in [2.45, 2.75) is 164 Å². The van der Waals surface area contributed by atoms with E-state index >= 15 is 0 Å². The highest BCUT2D eigenvalue weighted by molar-refractivity contribution is 7.47. The van der Waals surface area contributed by atoms with Crippen molar-refractivity contribution in [3.8, 4) is 6.07 Å². The summed E-state index contributed by atoms with van der Waals surface area (Å²) in [7, 11) is -0.952. The van der Waals surface area contributed by atoms with Gasteiger partial charge in [0.15, 0.2) is 8.45 Å². The Hall–Kier alpha value is -0.200. The fourth-order valence-electron chi connectivity index (χ4n) is 4.72. The van der Waals surface area contributed by atoms with Gasteiger partial charge in [0.2, 0.25) is 0 Å². The Labute approximate surface area is 209 Å². The molecule has 0 aromatic heterocycles. The van der Waals surface area contributed by atoms with E-state index in [2.05, 4.69) is 91.6 Å². The molecule has 0 radical (unpaired) electrons. The van der Waals surface area contributed by atoms with Crippen molar-refractivity contribution in [3.05, 3.63) is 0 Å². The highest BCUT2D eigenvalue weighted by atomic mass is 31.2. The van der Waals surface area contributed by atoms with Crippen molar-refractivity contribution in [1.29, 1.82) is 5.26 Å². The normalized spacial score (nSPS) is 14.6. The van der Waals surface area contributed by atoms with Gasteiger partial charge < -0.3 is 4.52 Å². The SMILES string of the molecule is CCCC(OP(N(C(C)C)C(C)C)N(C(C)C)C(C)C)C(C#N)CCCCCCCC(C)C. The third-order valence-electron chi connectivity index (χ3n) is 6.23. The quantitative estimate of drug-likeness (QED) is 0.136. The largest absolute Gasteiger partial charge is 0.327 e. The van der Waals surface area contributed by atoms with Gasteiger partial charge in [-0.2, -0.15) is 5.26 Å². The van der Waals surface area contributed by atoms with Crippen LogP contribution in [0.25, 0.3) is 0 Å². The van der Waals surface area contributed by atoms with Gasteiger partial charge >= 0.3 is 0 Å². The lowest BCUT2D eigenvalue weighted by Gasteiger charge is -2.47. The first-order valence-electron chi connectivity index (χ1n) is 13.9. The maximum Gasteiger partial charge on any atom is 0.189 e. The van der Waals surface area contributed by atoms with E-state index in [4.69, 9.17) is 4.52 Å². The third-order valence-corrected chi connectivity index (χ3v) is 9.32. The number of hydrogen-bond donors (Lipinski definition) is 0. The van der Waals surface area contributed by atoms with E-state index in [1.54, 1.807) is 0 Å². The molecule has 0 saturated carbocycles. The minimum absolute atomic E-state index is 0.00653. The van der Waals surface area contributed by atoms with Crippen LogP contribution in [-0.2, 0) is 4.52 Å². The van der Waals surface area contributed by atoms with Crippen molar-refractivity contribution >= 4 is 8.45 Å². The predicted octanol–water partition coefficient (Wildman–Crippen LogP) is 9.16. The van der Waals surface area contributed by atoms with Crippen molar-refractivity contribution in [1.82, 2.24) is 9.34 Å². The molecule has 0 heterocycles. The Kier molecular flexibility index (Phi) is 18.0. The second-order valence-electron chi connectivity index (χ2n) is 11.3. The van der Waals surface area contributed by atoms with Crippen molar-refractivity contribution in [2.24, 2.45) is 11.8 Å². The minimum Gasteiger partial charge on any atom is -0.327 e. The van der Waals surface area contributed by atoms with E-state index in [1.165, 1.54) is 32.1 Å². The maximum atomic E-state index is 10.1. The zero-order chi connectivity index (χ0) is 25.6. The summed E-state index contributed by atoms with van der Waals surface area (Å²) in [6.07, 6.45) is 10.6. The molecule has 0 aliphatic carbocycles. The van der Waals surface area contributed by atoms with Crippen LogP contribution in [0.3, 0.4) is 0 Å². The van der Waals surface area contributed by atoms with E-state index in [0.29, 0.717) is 24.2 Å². The molecule has 0 bridgehead atoms. The third kappa shape index (κ3) is 12.9. The number of unbranched alkanes of at least 4 members (excludes halogenated alkanes) is 4. The molecule has 0 aromatic rings. The highest BCUT2D eigenvalue weighted by Gasteiger charge is 2.37. The van der Waals surface area contributed by atoms with Gasteiger partial charge in [-0.05, 0) is 74.1 Å². The van der Waals surface area contributed by atoms with Gasteiger partial charge in [0.25, 0.3) is 0 Å². The lowest BCUT2D eigenvalue weighted by atomic mass is 9.93. The van der Waals surface area contributed by atoms with E-state index in [0.717, 1.165) is 31.6 Å². The van der Waals surface area contributed by atoms with E-state index in [-0.39, 0.29) is 12.0 Å². The predicted molar refractivity (Wildman–Crippen MR) is 147 cm³/mol. The summed E-state index contributed by atoms with van der Waals surface area (Å²) in [6, 6.07) is 4.23. The average molecular weight is 484 g/mol. The molecule has 0 spiro atoms. The molecular formula is C28H58N3OP. The number of nitrogens with zero attached hydrogens (tertiary/aromatic N) is 3. The molecule has 4 nitrogen and oxygen atoms in total. The number of hydrogen-bond acceptors (Lipinski definition) is 4. The molecule has 0 saturated heterocycles. The van der Waals surface area contributed by atoms with Crippen LogP contribution in [0.1, 0.15) is 134 Å². The molecule has 0 aliphatic heterocycles. The second kappa shape index (κ2) is 18.1. The summed E-state index contributed by atoms with van der Waals surface area (Å²) >= 11 is 0. The first-order valence-corrected chi connectivity index (χ1v) is 15.1. The lowest BCUT2D eigenvalue weighted by molar-refractivity contribution is 0.108. The van der Waals surface area contributed by atoms with Crippen LogP contribution < -0.4 is 0 Å². The average Bonchev–Trinajstić information content (AvgIpc) is 2.68. The monoisotopic (exact) mass is 483 g/mol. The van der Waals surface area contributed by atoms with Gasteiger partial charge in [0.1, 0.15) is 0 Å². The Morgan fingerprint density at radius 3 is 1.45 bits per heavy atom. The first-order chi connectivity index (χ1) is 15.5. The van der Waals surface area contributed by atoms with Gasteiger partial charge in [-0.3, -0.25) is 0 Å². The molecule has 0 amide bonds. The van der Waals surface area contributed by atoms with Crippen LogP contribution in [0.15, 0.2) is 0 Å².